The van der Waals surface area contributed by atoms with Crippen LogP contribution in [0.3, 0.4) is 0 Å². The zero-order chi connectivity index (χ0) is 6.70. The fourth-order valence-electron chi connectivity index (χ4n) is 1.87. The Balaban J connectivity index is 2.24. The molecule has 3 fully saturated rings. The van der Waals surface area contributed by atoms with Crippen LogP contribution in [-0.2, 0) is 0 Å². The monoisotopic (exact) mass is 316 g/mol. The second kappa shape index (κ2) is 1.78. The summed E-state index contributed by atoms with van der Waals surface area (Å²) in [7, 11) is 0. The van der Waals surface area contributed by atoms with Gasteiger partial charge < -0.3 is 0 Å². The largest absolute Gasteiger partial charge is 0.0875 e. The van der Waals surface area contributed by atoms with E-state index < -0.39 is 0 Å². The van der Waals surface area contributed by atoms with Gasteiger partial charge in [-0.1, -0.05) is 47.8 Å². The highest BCUT2D eigenvalue weighted by atomic mass is 79.9. The molecular weight excluding hydrogens is 312 g/mol. The van der Waals surface area contributed by atoms with Gasteiger partial charge in [0, 0.05) is 13.5 Å². The first-order valence-electron chi connectivity index (χ1n) is 3.06. The molecule has 0 nitrogen and oxygen atoms in total. The summed E-state index contributed by atoms with van der Waals surface area (Å²) in [4.78, 5) is 0.685. The fraction of sp³-hybridized carbons (Fsp3) is 1.00. The van der Waals surface area contributed by atoms with E-state index in [0.29, 0.717) is 13.5 Å². The second-order valence-electron chi connectivity index (χ2n) is 3.21. The van der Waals surface area contributed by atoms with Crippen molar-refractivity contribution in [1.29, 1.82) is 0 Å². The summed E-state index contributed by atoms with van der Waals surface area (Å²) in [5, 5.41) is 0. The number of alkyl halides is 3. The Morgan fingerprint density at radius 1 is 1.22 bits per heavy atom. The van der Waals surface area contributed by atoms with Crippen LogP contribution in [0.5, 0.6) is 0 Å². The molecule has 9 heavy (non-hydrogen) atoms. The lowest BCUT2D eigenvalue weighted by atomic mass is 9.84. The van der Waals surface area contributed by atoms with Gasteiger partial charge in [0.15, 0.2) is 0 Å². The van der Waals surface area contributed by atoms with Gasteiger partial charge in [0.25, 0.3) is 0 Å². The lowest BCUT2D eigenvalue weighted by Gasteiger charge is -2.40. The van der Waals surface area contributed by atoms with Gasteiger partial charge in [0.05, 0.1) is 0 Å². The molecule has 3 aliphatic carbocycles. The van der Waals surface area contributed by atoms with Crippen LogP contribution < -0.4 is 0 Å². The van der Waals surface area contributed by atoms with E-state index in [2.05, 4.69) is 47.8 Å². The van der Waals surface area contributed by atoms with Gasteiger partial charge in [-0.2, -0.15) is 0 Å². The lowest BCUT2D eigenvalue weighted by molar-refractivity contribution is 0.399. The van der Waals surface area contributed by atoms with Crippen LogP contribution in [0.15, 0.2) is 0 Å². The van der Waals surface area contributed by atoms with Gasteiger partial charge in [-0.15, -0.1) is 0 Å². The molecule has 52 valence electrons. The zero-order valence-electron chi connectivity index (χ0n) is 4.83. The Morgan fingerprint density at radius 3 is 1.89 bits per heavy atom. The summed E-state index contributed by atoms with van der Waals surface area (Å²) in [5.74, 6) is 0. The fourth-order valence-corrected chi connectivity index (χ4v) is 6.56. The number of hydrogen-bond donors (Lipinski definition) is 0. The van der Waals surface area contributed by atoms with Gasteiger partial charge in [0.2, 0.25) is 0 Å². The van der Waals surface area contributed by atoms with E-state index in [-0.39, 0.29) is 0 Å². The summed E-state index contributed by atoms with van der Waals surface area (Å²) in [5.41, 5.74) is 0. The summed E-state index contributed by atoms with van der Waals surface area (Å²) < 4.78 is 0.932. The molecule has 0 aliphatic heterocycles. The molecular formula is C6H7Br3. The molecule has 0 saturated heterocycles. The van der Waals surface area contributed by atoms with E-state index in [0.717, 1.165) is 0 Å². The van der Waals surface area contributed by atoms with Crippen LogP contribution >= 0.6 is 47.8 Å². The van der Waals surface area contributed by atoms with Crippen molar-refractivity contribution in [2.75, 3.05) is 0 Å². The normalized spacial score (nSPS) is 63.7. The van der Waals surface area contributed by atoms with Crippen LogP contribution in [0.4, 0.5) is 0 Å². The van der Waals surface area contributed by atoms with Crippen LogP contribution in [0.2, 0.25) is 0 Å². The second-order valence-corrected chi connectivity index (χ2v) is 7.58. The molecule has 1 atom stereocenters. The Bertz CT molecular complexity index is 143. The third-order valence-electron chi connectivity index (χ3n) is 2.33. The predicted molar refractivity (Wildman–Crippen MR) is 49.9 cm³/mol. The van der Waals surface area contributed by atoms with Crippen molar-refractivity contribution in [1.82, 2.24) is 0 Å². The maximum absolute atomic E-state index is 3.73. The lowest BCUT2D eigenvalue weighted by Crippen LogP contribution is -2.41. The molecule has 2 bridgehead atoms. The number of halogens is 3. The molecule has 0 heterocycles. The summed E-state index contributed by atoms with van der Waals surface area (Å²) >= 11 is 11.1. The van der Waals surface area contributed by atoms with Crippen LogP contribution in [0, 0.1) is 0 Å². The van der Waals surface area contributed by atoms with Gasteiger partial charge in [0.1, 0.15) is 0 Å². The van der Waals surface area contributed by atoms with Crippen molar-refractivity contribution < 1.29 is 0 Å². The molecule has 3 heteroatoms. The minimum Gasteiger partial charge on any atom is -0.0875 e. The van der Waals surface area contributed by atoms with Gasteiger partial charge in [-0.25, -0.2) is 0 Å². The highest BCUT2D eigenvalue weighted by Gasteiger charge is 2.63. The first-order valence-corrected chi connectivity index (χ1v) is 5.56. The van der Waals surface area contributed by atoms with E-state index in [1.807, 2.05) is 0 Å². The molecule has 3 saturated carbocycles. The maximum Gasteiger partial charge on any atom is 0.0409 e. The highest BCUT2D eigenvalue weighted by molar-refractivity contribution is 9.13. The first-order chi connectivity index (χ1) is 4.04. The molecule has 0 radical (unpaired) electrons. The van der Waals surface area contributed by atoms with Crippen molar-refractivity contribution >= 4 is 47.8 Å². The quantitative estimate of drug-likeness (QED) is 0.602. The minimum absolute atomic E-state index is 0.441. The van der Waals surface area contributed by atoms with Crippen molar-refractivity contribution in [3.8, 4) is 0 Å². The van der Waals surface area contributed by atoms with Crippen LogP contribution in [0.25, 0.3) is 0 Å². The van der Waals surface area contributed by atoms with Gasteiger partial charge in [-0.3, -0.25) is 0 Å². The van der Waals surface area contributed by atoms with E-state index in [1.165, 1.54) is 19.3 Å². The van der Waals surface area contributed by atoms with Gasteiger partial charge >= 0.3 is 0 Å². The highest BCUT2D eigenvalue weighted by Crippen LogP contribution is 2.66. The molecule has 0 aromatic heterocycles. The third kappa shape index (κ3) is 0.875. The van der Waals surface area contributed by atoms with Crippen molar-refractivity contribution in [3.05, 3.63) is 0 Å². The SMILES string of the molecule is BrC1CC2(Br)CC1(Br)C2. The standard InChI is InChI=1S/C6H7Br3/c7-4-1-5(8)2-6(4,9)3-5/h4H,1-3H2. The van der Waals surface area contributed by atoms with Crippen molar-refractivity contribution in [2.24, 2.45) is 0 Å². The average molecular weight is 319 g/mol. The van der Waals surface area contributed by atoms with Crippen molar-refractivity contribution in [3.63, 3.8) is 0 Å². The molecule has 0 aromatic carbocycles. The average Bonchev–Trinajstić information content (AvgIpc) is 1.85. The van der Waals surface area contributed by atoms with Crippen LogP contribution in [0.1, 0.15) is 19.3 Å². The molecule has 0 N–H and O–H groups in total. The van der Waals surface area contributed by atoms with E-state index in [9.17, 15) is 0 Å². The first kappa shape index (κ1) is 7.11. The van der Waals surface area contributed by atoms with Gasteiger partial charge in [-0.05, 0) is 19.3 Å². The Labute approximate surface area is 80.2 Å². The number of hydrogen-bond acceptors (Lipinski definition) is 0. The topological polar surface area (TPSA) is 0 Å². The zero-order valence-corrected chi connectivity index (χ0v) is 9.59. The Hall–Kier alpha value is 1.44. The third-order valence-corrected chi connectivity index (χ3v) is 6.14. The predicted octanol–water partition coefficient (Wildman–Crippen LogP) is 3.21. The summed E-state index contributed by atoms with van der Waals surface area (Å²) in [6.45, 7) is 0. The molecule has 3 rings (SSSR count). The van der Waals surface area contributed by atoms with E-state index >= 15 is 0 Å². The minimum atomic E-state index is 0.441. The molecule has 0 amide bonds. The molecule has 0 spiro atoms. The molecule has 3 aliphatic rings. The summed E-state index contributed by atoms with van der Waals surface area (Å²) in [6, 6.07) is 0. The van der Waals surface area contributed by atoms with Crippen molar-refractivity contribution in [2.45, 2.75) is 32.7 Å². The number of fused-ring (bicyclic) bond motifs is 1. The van der Waals surface area contributed by atoms with E-state index in [1.54, 1.807) is 0 Å². The van der Waals surface area contributed by atoms with Crippen LogP contribution in [-0.4, -0.2) is 13.5 Å². The Morgan fingerprint density at radius 2 is 1.78 bits per heavy atom. The molecule has 0 aromatic rings. The number of rotatable bonds is 0. The maximum atomic E-state index is 3.73. The van der Waals surface area contributed by atoms with E-state index in [4.69, 9.17) is 0 Å². The Kier molecular flexibility index (Phi) is 1.41. The molecule has 1 unspecified atom stereocenters. The summed E-state index contributed by atoms with van der Waals surface area (Å²) in [6.07, 6.45) is 3.85. The smallest absolute Gasteiger partial charge is 0.0409 e.